The summed E-state index contributed by atoms with van der Waals surface area (Å²) in [6.45, 7) is 5.25. The van der Waals surface area contributed by atoms with E-state index in [2.05, 4.69) is 10.1 Å². The van der Waals surface area contributed by atoms with Crippen LogP contribution in [-0.2, 0) is 17.8 Å². The predicted molar refractivity (Wildman–Crippen MR) is 117 cm³/mol. The van der Waals surface area contributed by atoms with Crippen molar-refractivity contribution in [3.8, 4) is 28.6 Å². The van der Waals surface area contributed by atoms with Crippen LogP contribution >= 0.6 is 11.6 Å². The van der Waals surface area contributed by atoms with Gasteiger partial charge >= 0.3 is 5.97 Å². The maximum absolute atomic E-state index is 11.1. The second-order valence-electron chi connectivity index (χ2n) is 7.89. The molecule has 0 radical (unpaired) electrons. The number of rotatable bonds is 6. The minimum Gasteiger partial charge on any atom is -0.489 e. The predicted octanol–water partition coefficient (Wildman–Crippen LogP) is 4.68. The van der Waals surface area contributed by atoms with Crippen LogP contribution < -0.4 is 4.74 Å². The molecule has 1 aliphatic heterocycles. The second-order valence-corrected chi connectivity index (χ2v) is 8.29. The van der Waals surface area contributed by atoms with Crippen molar-refractivity contribution in [2.75, 3.05) is 13.1 Å². The maximum atomic E-state index is 11.1. The summed E-state index contributed by atoms with van der Waals surface area (Å²) in [5.74, 6) is 0.689. The van der Waals surface area contributed by atoms with Crippen LogP contribution in [0.25, 0.3) is 22.8 Å². The van der Waals surface area contributed by atoms with E-state index in [1.807, 2.05) is 43.0 Å². The molecule has 0 bridgehead atoms. The molecule has 1 aliphatic rings. The summed E-state index contributed by atoms with van der Waals surface area (Å²) in [4.78, 5) is 17.7. The van der Waals surface area contributed by atoms with E-state index in [0.29, 0.717) is 29.0 Å². The zero-order chi connectivity index (χ0) is 22.0. The molecule has 0 spiro atoms. The highest BCUT2D eigenvalue weighted by molar-refractivity contribution is 6.32. The van der Waals surface area contributed by atoms with Crippen molar-refractivity contribution in [2.45, 2.75) is 39.3 Å². The smallest absolute Gasteiger partial charge is 0.317 e. The Balaban J connectivity index is 1.62. The third-order valence-electron chi connectivity index (χ3n) is 5.14. The highest BCUT2D eigenvalue weighted by Gasteiger charge is 2.21. The van der Waals surface area contributed by atoms with E-state index in [0.717, 1.165) is 41.6 Å². The van der Waals surface area contributed by atoms with Crippen LogP contribution in [0.1, 0.15) is 31.4 Å². The van der Waals surface area contributed by atoms with Gasteiger partial charge in [-0.2, -0.15) is 4.98 Å². The number of carbonyl (C=O) groups is 1. The van der Waals surface area contributed by atoms with Crippen LogP contribution in [0.3, 0.4) is 0 Å². The van der Waals surface area contributed by atoms with Crippen LogP contribution in [-0.4, -0.2) is 45.3 Å². The molecule has 0 aliphatic carbocycles. The van der Waals surface area contributed by atoms with E-state index < -0.39 is 5.97 Å². The van der Waals surface area contributed by atoms with Crippen LogP contribution in [0.5, 0.6) is 5.75 Å². The number of hydrogen-bond donors (Lipinski definition) is 1. The molecule has 7 nitrogen and oxygen atoms in total. The van der Waals surface area contributed by atoms with Gasteiger partial charge in [0.15, 0.2) is 0 Å². The van der Waals surface area contributed by atoms with Crippen molar-refractivity contribution in [3.63, 3.8) is 0 Å². The van der Waals surface area contributed by atoms with Gasteiger partial charge in [0.05, 0.1) is 17.7 Å². The van der Waals surface area contributed by atoms with E-state index in [9.17, 15) is 4.79 Å². The lowest BCUT2D eigenvalue weighted by atomic mass is 9.97. The lowest BCUT2D eigenvalue weighted by molar-refractivity contribution is -0.138. The van der Waals surface area contributed by atoms with Crippen LogP contribution in [0, 0.1) is 0 Å². The topological polar surface area (TPSA) is 88.7 Å². The summed E-state index contributed by atoms with van der Waals surface area (Å²) < 4.78 is 11.2. The number of carboxylic acid groups (broad SMARTS) is 1. The first-order valence-corrected chi connectivity index (χ1v) is 10.6. The fraction of sp³-hybridized carbons (Fsp3) is 0.348. The van der Waals surface area contributed by atoms with Crippen molar-refractivity contribution in [1.29, 1.82) is 0 Å². The molecule has 2 aromatic carbocycles. The summed E-state index contributed by atoms with van der Waals surface area (Å²) in [7, 11) is 0. The van der Waals surface area contributed by atoms with Gasteiger partial charge in [-0.05, 0) is 62.6 Å². The molecule has 0 amide bonds. The monoisotopic (exact) mass is 441 g/mol. The lowest BCUT2D eigenvalue weighted by Gasteiger charge is -2.17. The van der Waals surface area contributed by atoms with Gasteiger partial charge in [-0.3, -0.25) is 9.69 Å². The molecule has 0 saturated heterocycles. The fourth-order valence-electron chi connectivity index (χ4n) is 3.85. The van der Waals surface area contributed by atoms with Crippen molar-refractivity contribution in [1.82, 2.24) is 15.0 Å². The molecule has 0 saturated carbocycles. The number of benzene rings is 2. The normalized spacial score (nSPS) is 14.3. The van der Waals surface area contributed by atoms with Crippen LogP contribution in [0.4, 0.5) is 0 Å². The Morgan fingerprint density at radius 2 is 2.16 bits per heavy atom. The molecule has 0 atom stereocenters. The molecule has 0 unspecified atom stereocenters. The lowest BCUT2D eigenvalue weighted by Crippen LogP contribution is -2.29. The van der Waals surface area contributed by atoms with Crippen LogP contribution in [0.15, 0.2) is 40.9 Å². The maximum Gasteiger partial charge on any atom is 0.317 e. The number of carboxylic acids is 1. The largest absolute Gasteiger partial charge is 0.489 e. The van der Waals surface area contributed by atoms with Gasteiger partial charge < -0.3 is 14.4 Å². The zero-order valence-electron chi connectivity index (χ0n) is 17.5. The Morgan fingerprint density at radius 3 is 2.90 bits per heavy atom. The summed E-state index contributed by atoms with van der Waals surface area (Å²) >= 11 is 6.35. The average Bonchev–Trinajstić information content (AvgIpc) is 3.10. The molecule has 2 heterocycles. The van der Waals surface area contributed by atoms with Gasteiger partial charge in [0, 0.05) is 17.7 Å². The van der Waals surface area contributed by atoms with Gasteiger partial charge in [-0.25, -0.2) is 0 Å². The van der Waals surface area contributed by atoms with Crippen molar-refractivity contribution < 1.29 is 19.2 Å². The molecule has 3 aromatic rings. The minimum atomic E-state index is -0.814. The quantitative estimate of drug-likeness (QED) is 0.594. The Morgan fingerprint density at radius 1 is 1.32 bits per heavy atom. The summed E-state index contributed by atoms with van der Waals surface area (Å²) in [5, 5.41) is 13.8. The Hall–Kier alpha value is -2.90. The van der Waals surface area contributed by atoms with E-state index in [1.54, 1.807) is 12.1 Å². The first-order chi connectivity index (χ1) is 14.9. The first kappa shape index (κ1) is 21.3. The highest BCUT2D eigenvalue weighted by atomic mass is 35.5. The van der Waals surface area contributed by atoms with Gasteiger partial charge in [-0.1, -0.05) is 35.0 Å². The molecule has 1 N–H and O–H groups in total. The Labute approximate surface area is 185 Å². The third-order valence-corrected chi connectivity index (χ3v) is 5.43. The number of hydrogen-bond acceptors (Lipinski definition) is 6. The van der Waals surface area contributed by atoms with Crippen molar-refractivity contribution in [2.24, 2.45) is 0 Å². The SMILES string of the molecule is CC(C)Oc1ccc(-c2nc(-c3cccc4c3CCCN(CC(=O)O)C4)no2)cc1Cl. The van der Waals surface area contributed by atoms with Crippen molar-refractivity contribution >= 4 is 17.6 Å². The summed E-state index contributed by atoms with van der Waals surface area (Å²) in [5.41, 5.74) is 3.87. The average molecular weight is 442 g/mol. The van der Waals surface area contributed by atoms with Gasteiger partial charge in [0.25, 0.3) is 5.89 Å². The number of nitrogens with zero attached hydrogens (tertiary/aromatic N) is 3. The Bertz CT molecular complexity index is 1100. The van der Waals surface area contributed by atoms with Gasteiger partial charge in [0.2, 0.25) is 5.82 Å². The highest BCUT2D eigenvalue weighted by Crippen LogP contribution is 2.33. The molecule has 162 valence electrons. The first-order valence-electron chi connectivity index (χ1n) is 10.3. The van der Waals surface area contributed by atoms with Crippen molar-refractivity contribution in [3.05, 3.63) is 52.5 Å². The zero-order valence-corrected chi connectivity index (χ0v) is 18.2. The molecule has 1 aromatic heterocycles. The van der Waals surface area contributed by atoms with Gasteiger partial charge in [0.1, 0.15) is 5.75 Å². The molecule has 31 heavy (non-hydrogen) atoms. The van der Waals surface area contributed by atoms with E-state index in [1.165, 1.54) is 0 Å². The minimum absolute atomic E-state index is 0.0260. The van der Waals surface area contributed by atoms with Crippen LogP contribution in [0.2, 0.25) is 5.02 Å². The standard InChI is InChI=1S/C23H24ClN3O4/c1-14(2)30-20-9-8-15(11-19(20)24)23-25-22(26-31-23)18-6-3-5-16-12-27(13-21(28)29)10-4-7-17(16)18/h3,5-6,8-9,11,14H,4,7,10,12-13H2,1-2H3,(H,28,29). The molecular weight excluding hydrogens is 418 g/mol. The van der Waals surface area contributed by atoms with E-state index >= 15 is 0 Å². The number of fused-ring (bicyclic) bond motifs is 1. The number of aromatic nitrogens is 2. The van der Waals surface area contributed by atoms with E-state index in [4.69, 9.17) is 26.0 Å². The number of halogens is 1. The summed E-state index contributed by atoms with van der Waals surface area (Å²) in [6, 6.07) is 11.4. The number of ether oxygens (including phenoxy) is 1. The second kappa shape index (κ2) is 9.08. The van der Waals surface area contributed by atoms with Gasteiger partial charge in [-0.15, -0.1) is 0 Å². The number of aliphatic carboxylic acids is 1. The Kier molecular flexibility index (Phi) is 6.25. The fourth-order valence-corrected chi connectivity index (χ4v) is 4.07. The van der Waals surface area contributed by atoms with E-state index in [-0.39, 0.29) is 12.6 Å². The molecule has 8 heteroatoms. The summed E-state index contributed by atoms with van der Waals surface area (Å²) in [6.07, 6.45) is 1.73. The third kappa shape index (κ3) is 4.89. The molecular formula is C23H24ClN3O4. The molecule has 4 rings (SSSR count). The molecule has 0 fully saturated rings.